The van der Waals surface area contributed by atoms with Gasteiger partial charge in [0.25, 0.3) is 11.8 Å². The summed E-state index contributed by atoms with van der Waals surface area (Å²) in [7, 11) is 0. The lowest BCUT2D eigenvalue weighted by molar-refractivity contribution is -0.122. The fourth-order valence-corrected chi connectivity index (χ4v) is 4.75. The van der Waals surface area contributed by atoms with Crippen LogP contribution in [0, 0.1) is 5.82 Å². The summed E-state index contributed by atoms with van der Waals surface area (Å²) in [4.78, 5) is 27.2. The number of nitrogens with zero attached hydrogens (tertiary/aromatic N) is 1. The number of hydrogen-bond donors (Lipinski definition) is 1. The van der Waals surface area contributed by atoms with E-state index in [0.717, 1.165) is 10.5 Å². The van der Waals surface area contributed by atoms with E-state index < -0.39 is 11.8 Å². The number of nitrogens with one attached hydrogen (secondary N) is 1. The van der Waals surface area contributed by atoms with Crippen LogP contribution in [0.15, 0.2) is 64.6 Å². The second-order valence-corrected chi connectivity index (χ2v) is 9.74. The van der Waals surface area contributed by atoms with Crippen molar-refractivity contribution in [2.24, 2.45) is 0 Å². The third-order valence-corrected chi connectivity index (χ3v) is 6.90. The van der Waals surface area contributed by atoms with E-state index in [0.29, 0.717) is 28.1 Å². The van der Waals surface area contributed by atoms with Crippen molar-refractivity contribution in [3.8, 4) is 11.5 Å². The highest BCUT2D eigenvalue weighted by Gasteiger charge is 2.35. The van der Waals surface area contributed by atoms with Crippen LogP contribution in [0.1, 0.15) is 18.1 Å². The molecule has 1 heterocycles. The Bertz CT molecular complexity index is 1430. The molecule has 1 N–H and O–H groups in total. The van der Waals surface area contributed by atoms with Crippen LogP contribution in [-0.2, 0) is 16.2 Å². The van der Waals surface area contributed by atoms with Gasteiger partial charge in [0.05, 0.1) is 26.8 Å². The van der Waals surface area contributed by atoms with Crippen molar-refractivity contribution in [3.63, 3.8) is 0 Å². The number of ether oxygens (including phenoxy) is 2. The first-order valence-electron chi connectivity index (χ1n) is 10.9. The maximum atomic E-state index is 13.4. The molecule has 2 amide bonds. The molecule has 1 aliphatic heterocycles. The number of rotatable bonds is 7. The highest BCUT2D eigenvalue weighted by Crippen LogP contribution is 2.39. The predicted octanol–water partition coefficient (Wildman–Crippen LogP) is 6.70. The van der Waals surface area contributed by atoms with Gasteiger partial charge < -0.3 is 9.47 Å². The smallest absolute Gasteiger partial charge is 0.270 e. The highest BCUT2D eigenvalue weighted by atomic mass is 79.9. The molecule has 37 heavy (non-hydrogen) atoms. The van der Waals surface area contributed by atoms with Crippen molar-refractivity contribution in [2.75, 3.05) is 11.5 Å². The lowest BCUT2D eigenvalue weighted by atomic mass is 10.1. The lowest BCUT2D eigenvalue weighted by Crippen LogP contribution is -2.54. The SMILES string of the molecule is CCOc1cc(/C=C2\C(=O)NC(=S)N(c3cccc(Cl)c3Cl)C2=O)cc(Br)c1OCc1ccc(F)cc1. The molecule has 11 heteroatoms. The minimum atomic E-state index is -0.663. The molecule has 0 bridgehead atoms. The molecule has 1 fully saturated rings. The minimum Gasteiger partial charge on any atom is -0.490 e. The molecule has 1 saturated heterocycles. The number of amides is 2. The van der Waals surface area contributed by atoms with Crippen LogP contribution < -0.4 is 19.7 Å². The average molecular weight is 624 g/mol. The van der Waals surface area contributed by atoms with Crippen LogP contribution >= 0.6 is 51.3 Å². The van der Waals surface area contributed by atoms with E-state index in [9.17, 15) is 14.0 Å². The monoisotopic (exact) mass is 622 g/mol. The molecule has 4 rings (SSSR count). The fraction of sp³-hybridized carbons (Fsp3) is 0.115. The van der Waals surface area contributed by atoms with Crippen LogP contribution in [-0.4, -0.2) is 23.5 Å². The van der Waals surface area contributed by atoms with Gasteiger partial charge in [-0.1, -0.05) is 41.4 Å². The number of carbonyl (C=O) groups is 2. The normalized spacial score (nSPS) is 14.7. The van der Waals surface area contributed by atoms with Gasteiger partial charge in [-0.3, -0.25) is 19.8 Å². The number of benzene rings is 3. The van der Waals surface area contributed by atoms with E-state index in [2.05, 4.69) is 21.2 Å². The maximum absolute atomic E-state index is 13.4. The molecule has 0 aliphatic carbocycles. The largest absolute Gasteiger partial charge is 0.490 e. The standard InChI is InChI=1S/C26H18BrCl2FN2O4S/c1-2-35-21-12-15(11-18(27)23(21)36-13-14-6-8-16(30)9-7-14)10-17-24(33)31-26(37)32(25(17)34)20-5-3-4-19(28)22(20)29/h3-12H,2,13H2,1H3,(H,31,33,37)/b17-10+. The van der Waals surface area contributed by atoms with Gasteiger partial charge in [-0.2, -0.15) is 0 Å². The quantitative estimate of drug-likeness (QED) is 0.180. The van der Waals surface area contributed by atoms with Gasteiger partial charge in [-0.05, 0) is 88.7 Å². The molecule has 0 spiro atoms. The Balaban J connectivity index is 1.67. The van der Waals surface area contributed by atoms with E-state index in [-0.39, 0.29) is 38.8 Å². The Morgan fingerprint density at radius 3 is 2.54 bits per heavy atom. The van der Waals surface area contributed by atoms with Gasteiger partial charge in [0.2, 0.25) is 0 Å². The molecule has 3 aromatic carbocycles. The van der Waals surface area contributed by atoms with Crippen molar-refractivity contribution in [1.29, 1.82) is 0 Å². The zero-order valence-electron chi connectivity index (χ0n) is 19.2. The number of thiocarbonyl (C=S) groups is 1. The molecule has 0 radical (unpaired) electrons. The molecule has 3 aromatic rings. The van der Waals surface area contributed by atoms with Crippen molar-refractivity contribution in [3.05, 3.63) is 91.6 Å². The summed E-state index contributed by atoms with van der Waals surface area (Å²) < 4.78 is 25.4. The molecule has 0 saturated carbocycles. The van der Waals surface area contributed by atoms with Crippen molar-refractivity contribution in [2.45, 2.75) is 13.5 Å². The summed E-state index contributed by atoms with van der Waals surface area (Å²) in [5, 5.41) is 2.76. The van der Waals surface area contributed by atoms with Crippen LogP contribution in [0.3, 0.4) is 0 Å². The van der Waals surface area contributed by atoms with E-state index in [1.807, 2.05) is 6.92 Å². The van der Waals surface area contributed by atoms with Crippen LogP contribution in [0.4, 0.5) is 10.1 Å². The lowest BCUT2D eigenvalue weighted by Gasteiger charge is -2.29. The third kappa shape index (κ3) is 5.96. The summed E-state index contributed by atoms with van der Waals surface area (Å²) in [6, 6.07) is 14.0. The fourth-order valence-electron chi connectivity index (χ4n) is 3.52. The Hall–Kier alpha value is -2.98. The number of carbonyl (C=O) groups excluding carboxylic acids is 2. The Morgan fingerprint density at radius 2 is 1.84 bits per heavy atom. The van der Waals surface area contributed by atoms with Gasteiger partial charge >= 0.3 is 0 Å². The minimum absolute atomic E-state index is 0.114. The maximum Gasteiger partial charge on any atom is 0.270 e. The van der Waals surface area contributed by atoms with E-state index in [4.69, 9.17) is 44.9 Å². The summed E-state index contributed by atoms with van der Waals surface area (Å²) in [5.74, 6) is -0.852. The predicted molar refractivity (Wildman–Crippen MR) is 149 cm³/mol. The van der Waals surface area contributed by atoms with Gasteiger partial charge in [0, 0.05) is 0 Å². The Labute approximate surface area is 236 Å². The van der Waals surface area contributed by atoms with Gasteiger partial charge in [-0.25, -0.2) is 4.39 Å². The second-order valence-electron chi connectivity index (χ2n) is 7.71. The molecular formula is C26H18BrCl2FN2O4S. The highest BCUT2D eigenvalue weighted by molar-refractivity contribution is 9.10. The molecule has 0 atom stereocenters. The zero-order valence-corrected chi connectivity index (χ0v) is 23.1. The van der Waals surface area contributed by atoms with Crippen molar-refractivity contribution in [1.82, 2.24) is 5.32 Å². The number of anilines is 1. The molecule has 0 aromatic heterocycles. The second kappa shape index (κ2) is 11.6. The van der Waals surface area contributed by atoms with E-state index in [1.54, 1.807) is 42.5 Å². The van der Waals surface area contributed by atoms with Crippen LogP contribution in [0.25, 0.3) is 6.08 Å². The first kappa shape index (κ1) is 27.1. The summed E-state index contributed by atoms with van der Waals surface area (Å²) in [5.41, 5.74) is 1.34. The van der Waals surface area contributed by atoms with Crippen molar-refractivity contribution < 1.29 is 23.5 Å². The molecule has 0 unspecified atom stereocenters. The third-order valence-electron chi connectivity index (χ3n) is 5.21. The van der Waals surface area contributed by atoms with Crippen LogP contribution in [0.2, 0.25) is 10.0 Å². The molecular weight excluding hydrogens is 606 g/mol. The molecule has 190 valence electrons. The van der Waals surface area contributed by atoms with E-state index in [1.165, 1.54) is 18.2 Å². The van der Waals surface area contributed by atoms with Crippen molar-refractivity contribution >= 4 is 80.0 Å². The number of halogens is 4. The zero-order chi connectivity index (χ0) is 26.7. The topological polar surface area (TPSA) is 67.9 Å². The van der Waals surface area contributed by atoms with Gasteiger partial charge in [0.15, 0.2) is 16.6 Å². The Morgan fingerprint density at radius 1 is 1.11 bits per heavy atom. The molecule has 1 aliphatic rings. The first-order chi connectivity index (χ1) is 17.7. The first-order valence-corrected chi connectivity index (χ1v) is 12.8. The Kier molecular flexibility index (Phi) is 8.49. The average Bonchev–Trinajstić information content (AvgIpc) is 2.85. The van der Waals surface area contributed by atoms with E-state index >= 15 is 0 Å². The molecule has 6 nitrogen and oxygen atoms in total. The summed E-state index contributed by atoms with van der Waals surface area (Å²) in [6.45, 7) is 2.33. The van der Waals surface area contributed by atoms with Crippen LogP contribution in [0.5, 0.6) is 11.5 Å². The summed E-state index contributed by atoms with van der Waals surface area (Å²) in [6.07, 6.45) is 1.42. The number of hydrogen-bond acceptors (Lipinski definition) is 5. The summed E-state index contributed by atoms with van der Waals surface area (Å²) >= 11 is 21.1. The van der Waals surface area contributed by atoms with Gasteiger partial charge in [-0.15, -0.1) is 0 Å². The van der Waals surface area contributed by atoms with Gasteiger partial charge in [0.1, 0.15) is 18.0 Å².